The highest BCUT2D eigenvalue weighted by Gasteiger charge is 2.53. The molecule has 3 aromatic carbocycles. The number of carbonyl (C=O) groups excluding carboxylic acids is 4. The summed E-state index contributed by atoms with van der Waals surface area (Å²) in [7, 11) is 3.31. The third-order valence-electron chi connectivity index (χ3n) is 9.19. The van der Waals surface area contributed by atoms with Gasteiger partial charge in [-0.05, 0) is 53.8 Å². The molecule has 0 radical (unpaired) electrons. The summed E-state index contributed by atoms with van der Waals surface area (Å²) in [5, 5.41) is 7.99. The molecule has 0 bridgehead atoms. The number of nitrogens with one attached hydrogen (secondary N) is 2. The Hall–Kier alpha value is -4.44. The van der Waals surface area contributed by atoms with Gasteiger partial charge in [-0.15, -0.1) is 0 Å². The van der Waals surface area contributed by atoms with Gasteiger partial charge in [0.1, 0.15) is 30.5 Å². The quantitative estimate of drug-likeness (QED) is 0.358. The number of likely N-dealkylation sites (N-methyl/N-ethyl adjacent to an activating group) is 1. The zero-order valence-corrected chi connectivity index (χ0v) is 27.6. The fourth-order valence-corrected chi connectivity index (χ4v) is 6.41. The fraction of sp³-hybridized carbons (Fsp3) is 0.444. The minimum Gasteiger partial charge on any atom is -0.496 e. The molecular weight excluding hydrogens is 582 g/mol. The Morgan fingerprint density at radius 2 is 1.70 bits per heavy atom. The van der Waals surface area contributed by atoms with Crippen LogP contribution in [0.5, 0.6) is 5.75 Å². The zero-order chi connectivity index (χ0) is 33.2. The monoisotopic (exact) mass is 627 g/mol. The van der Waals surface area contributed by atoms with Crippen molar-refractivity contribution in [3.8, 4) is 5.75 Å². The lowest BCUT2D eigenvalue weighted by Crippen LogP contribution is -2.66. The molecule has 10 nitrogen and oxygen atoms in total. The van der Waals surface area contributed by atoms with Crippen molar-refractivity contribution in [3.63, 3.8) is 0 Å². The van der Waals surface area contributed by atoms with Crippen molar-refractivity contribution in [1.82, 2.24) is 25.3 Å². The molecule has 3 aromatic rings. The summed E-state index contributed by atoms with van der Waals surface area (Å²) in [6.45, 7) is 7.82. The maximum Gasteiger partial charge on any atom is 0.247 e. The molecule has 2 aliphatic rings. The number of amides is 4. The average molecular weight is 628 g/mol. The summed E-state index contributed by atoms with van der Waals surface area (Å²) in [5.41, 5.74) is 1.27. The summed E-state index contributed by atoms with van der Waals surface area (Å²) in [6, 6.07) is 19.7. The van der Waals surface area contributed by atoms with E-state index in [-0.39, 0.29) is 36.7 Å². The van der Waals surface area contributed by atoms with Crippen molar-refractivity contribution < 1.29 is 23.9 Å². The molecule has 2 aliphatic heterocycles. The molecule has 0 aliphatic carbocycles. The van der Waals surface area contributed by atoms with Gasteiger partial charge in [0, 0.05) is 13.0 Å². The zero-order valence-electron chi connectivity index (χ0n) is 27.6. The Labute approximate surface area is 271 Å². The second-order valence-electron chi connectivity index (χ2n) is 13.3. The fourth-order valence-electron chi connectivity index (χ4n) is 6.41. The molecule has 10 heteroatoms. The van der Waals surface area contributed by atoms with Gasteiger partial charge in [0.15, 0.2) is 0 Å². The van der Waals surface area contributed by atoms with Crippen LogP contribution >= 0.6 is 0 Å². The van der Waals surface area contributed by atoms with E-state index in [1.165, 1.54) is 0 Å². The Bertz CT molecular complexity index is 1620. The van der Waals surface area contributed by atoms with Gasteiger partial charge >= 0.3 is 0 Å². The lowest BCUT2D eigenvalue weighted by Gasteiger charge is -2.45. The number of hydrogen-bond acceptors (Lipinski definition) is 6. The van der Waals surface area contributed by atoms with Gasteiger partial charge in [-0.25, -0.2) is 0 Å². The number of methoxy groups -OCH3 is 1. The molecule has 4 unspecified atom stereocenters. The van der Waals surface area contributed by atoms with Crippen molar-refractivity contribution in [2.75, 3.05) is 33.8 Å². The van der Waals surface area contributed by atoms with Crippen molar-refractivity contribution in [2.45, 2.75) is 64.8 Å². The van der Waals surface area contributed by atoms with E-state index in [1.807, 2.05) is 81.4 Å². The van der Waals surface area contributed by atoms with Crippen molar-refractivity contribution >= 4 is 34.4 Å². The van der Waals surface area contributed by atoms with E-state index in [1.54, 1.807) is 35.8 Å². The lowest BCUT2D eigenvalue weighted by molar-refractivity contribution is -0.156. The van der Waals surface area contributed by atoms with E-state index < -0.39 is 29.7 Å². The van der Waals surface area contributed by atoms with Crippen LogP contribution in [0.25, 0.3) is 10.8 Å². The molecule has 4 atom stereocenters. The van der Waals surface area contributed by atoms with Gasteiger partial charge in [-0.1, -0.05) is 81.4 Å². The Morgan fingerprint density at radius 1 is 1.00 bits per heavy atom. The van der Waals surface area contributed by atoms with Gasteiger partial charge in [0.05, 0.1) is 19.7 Å². The van der Waals surface area contributed by atoms with Crippen LogP contribution in [0.1, 0.15) is 38.8 Å². The van der Waals surface area contributed by atoms with Crippen LogP contribution in [0.15, 0.2) is 66.7 Å². The highest BCUT2D eigenvalue weighted by Crippen LogP contribution is 2.32. The second kappa shape index (κ2) is 13.5. The maximum absolute atomic E-state index is 14.3. The van der Waals surface area contributed by atoms with Gasteiger partial charge in [0.25, 0.3) is 0 Å². The first-order valence-corrected chi connectivity index (χ1v) is 15.9. The van der Waals surface area contributed by atoms with Crippen molar-refractivity contribution in [3.05, 3.63) is 77.9 Å². The maximum atomic E-state index is 14.3. The minimum absolute atomic E-state index is 0.148. The van der Waals surface area contributed by atoms with Gasteiger partial charge in [-0.3, -0.25) is 19.2 Å². The first kappa shape index (κ1) is 32.9. The number of piperazine rings is 1. The Morgan fingerprint density at radius 3 is 2.39 bits per heavy atom. The Balaban J connectivity index is 1.47. The van der Waals surface area contributed by atoms with Crippen LogP contribution in [-0.2, 0) is 32.0 Å². The highest BCUT2D eigenvalue weighted by atomic mass is 16.5. The highest BCUT2D eigenvalue weighted by molar-refractivity contribution is 5.97. The van der Waals surface area contributed by atoms with Crippen molar-refractivity contribution in [1.29, 1.82) is 0 Å². The molecule has 0 spiro atoms. The van der Waals surface area contributed by atoms with E-state index in [0.717, 1.165) is 27.6 Å². The van der Waals surface area contributed by atoms with E-state index in [0.29, 0.717) is 19.4 Å². The molecule has 4 amide bonds. The van der Waals surface area contributed by atoms with Gasteiger partial charge in [-0.2, -0.15) is 0 Å². The number of rotatable bonds is 10. The van der Waals surface area contributed by atoms with Crippen LogP contribution in [0, 0.1) is 5.41 Å². The largest absolute Gasteiger partial charge is 0.496 e. The first-order chi connectivity index (χ1) is 21.9. The summed E-state index contributed by atoms with van der Waals surface area (Å²) in [4.78, 5) is 60.1. The van der Waals surface area contributed by atoms with Gasteiger partial charge in [0.2, 0.25) is 23.6 Å². The topological polar surface area (TPSA) is 111 Å². The summed E-state index contributed by atoms with van der Waals surface area (Å²) in [5.74, 6) is -0.318. The standard InChI is InChI=1S/C36H45N5O5/c1-23(37-5)33(43)38-32(36(2,3)4)35(45)40-22-31(42)41-28(20-24-15-16-25-11-7-8-13-27(25)19-24)34(44)39(21-30(40)41)18-17-26-12-9-10-14-29(26)46-6/h7-16,19,23,28,30,32,37H,17-18,20-22H2,1-6H3,(H,38,43). The molecule has 2 saturated heterocycles. The number of ether oxygens (including phenoxy) is 1. The number of nitrogens with zero attached hydrogens (tertiary/aromatic N) is 3. The van der Waals surface area contributed by atoms with E-state index in [9.17, 15) is 19.2 Å². The number of para-hydroxylation sites is 1. The van der Waals surface area contributed by atoms with Crippen LogP contribution in [0.4, 0.5) is 0 Å². The lowest BCUT2D eigenvalue weighted by atomic mass is 9.85. The van der Waals surface area contributed by atoms with E-state index in [2.05, 4.69) is 16.7 Å². The minimum atomic E-state index is -0.873. The molecule has 2 fully saturated rings. The summed E-state index contributed by atoms with van der Waals surface area (Å²) >= 11 is 0. The van der Waals surface area contributed by atoms with Crippen LogP contribution in [0.3, 0.4) is 0 Å². The number of carbonyl (C=O) groups is 4. The third-order valence-corrected chi connectivity index (χ3v) is 9.19. The van der Waals surface area contributed by atoms with Crippen LogP contribution < -0.4 is 15.4 Å². The molecule has 244 valence electrons. The molecule has 2 heterocycles. The number of benzene rings is 3. The molecule has 0 saturated carbocycles. The van der Waals surface area contributed by atoms with Crippen molar-refractivity contribution in [2.24, 2.45) is 5.41 Å². The predicted octanol–water partition coefficient (Wildman–Crippen LogP) is 2.98. The normalized spacial score (nSPS) is 19.7. The Kier molecular flexibility index (Phi) is 9.67. The smallest absolute Gasteiger partial charge is 0.247 e. The first-order valence-electron chi connectivity index (χ1n) is 15.9. The summed E-state index contributed by atoms with van der Waals surface area (Å²) in [6.07, 6.45) is 0.206. The molecule has 46 heavy (non-hydrogen) atoms. The van der Waals surface area contributed by atoms with E-state index in [4.69, 9.17) is 4.74 Å². The van der Waals surface area contributed by atoms with Gasteiger partial charge < -0.3 is 30.1 Å². The van der Waals surface area contributed by atoms with Crippen LogP contribution in [0.2, 0.25) is 0 Å². The molecule has 0 aromatic heterocycles. The summed E-state index contributed by atoms with van der Waals surface area (Å²) < 4.78 is 5.55. The predicted molar refractivity (Wildman–Crippen MR) is 177 cm³/mol. The number of fused-ring (bicyclic) bond motifs is 2. The molecular formula is C36H45N5O5. The van der Waals surface area contributed by atoms with Crippen LogP contribution in [-0.4, -0.2) is 96.4 Å². The average Bonchev–Trinajstić information content (AvgIpc) is 3.38. The second-order valence-corrected chi connectivity index (χ2v) is 13.3. The SMILES string of the molecule is CNC(C)C(=O)NC(C(=O)N1CC(=O)N2C(Cc3ccc4ccccc4c3)C(=O)N(CCc3ccccc3OC)CC12)C(C)(C)C. The molecule has 5 rings (SSSR count). The third kappa shape index (κ3) is 6.72. The molecule has 2 N–H and O–H groups in total. The number of hydrogen-bond donors (Lipinski definition) is 2. The van der Waals surface area contributed by atoms with E-state index >= 15 is 0 Å².